The van der Waals surface area contributed by atoms with E-state index in [1.54, 1.807) is 6.92 Å². The largest absolute Gasteiger partial charge is 0.481 e. The maximum Gasteiger partial charge on any atom is 0.303 e. The molecule has 6 nitrogen and oxygen atoms in total. The highest BCUT2D eigenvalue weighted by Gasteiger charge is 1.96. The number of carboxylic acids is 2. The maximum atomic E-state index is 10.1. The second-order valence-corrected chi connectivity index (χ2v) is 7.18. The van der Waals surface area contributed by atoms with Crippen LogP contribution in [0.4, 0.5) is 0 Å². The summed E-state index contributed by atoms with van der Waals surface area (Å²) in [5.74, 6) is -1.33. The fourth-order valence-corrected chi connectivity index (χ4v) is 2.30. The van der Waals surface area contributed by atoms with E-state index in [4.69, 9.17) is 20.4 Å². The fraction of sp³-hybridized carbons (Fsp3) is 0.909. The molecule has 4 N–H and O–H groups in total. The van der Waals surface area contributed by atoms with Gasteiger partial charge in [-0.25, -0.2) is 0 Å². The summed E-state index contributed by atoms with van der Waals surface area (Å²) < 4.78 is 0. The molecule has 1 atom stereocenters. The number of hydrogen-bond donors (Lipinski definition) is 4. The van der Waals surface area contributed by atoms with Gasteiger partial charge in [-0.05, 0) is 26.2 Å². The molecule has 0 fully saturated rings. The van der Waals surface area contributed by atoms with Gasteiger partial charge in [0.1, 0.15) is 0 Å². The zero-order valence-corrected chi connectivity index (χ0v) is 18.5. The Bertz CT molecular complexity index is 292. The standard InChI is InChI=1S/2C9H18O2.C4H10O2/c2*1-2-3-4-5-6-7-8-9(10)11;1-4(6)2-3-5/h2*2-8H2,1H3,(H,10,11);4-6H,2-3H2,1H3. The molecule has 1 unspecified atom stereocenters. The minimum atomic E-state index is -0.666. The van der Waals surface area contributed by atoms with Gasteiger partial charge in [-0.3, -0.25) is 9.59 Å². The summed E-state index contributed by atoms with van der Waals surface area (Å²) in [5.41, 5.74) is 0. The van der Waals surface area contributed by atoms with E-state index in [2.05, 4.69) is 13.8 Å². The molecule has 0 heterocycles. The van der Waals surface area contributed by atoms with E-state index in [0.29, 0.717) is 19.3 Å². The Morgan fingerprint density at radius 1 is 0.679 bits per heavy atom. The minimum Gasteiger partial charge on any atom is -0.481 e. The summed E-state index contributed by atoms with van der Waals surface area (Å²) in [6.45, 7) is 6.09. The Kier molecular flexibility index (Phi) is 31.6. The lowest BCUT2D eigenvalue weighted by molar-refractivity contribution is -0.138. The lowest BCUT2D eigenvalue weighted by atomic mass is 10.1. The molecule has 6 heteroatoms. The van der Waals surface area contributed by atoms with Crippen LogP contribution in [0, 0.1) is 0 Å². The van der Waals surface area contributed by atoms with Gasteiger partial charge >= 0.3 is 11.9 Å². The number of unbranched alkanes of at least 4 members (excludes halogenated alkanes) is 10. The van der Waals surface area contributed by atoms with Gasteiger partial charge in [0, 0.05) is 19.4 Å². The lowest BCUT2D eigenvalue weighted by Crippen LogP contribution is -2.00. The maximum absolute atomic E-state index is 10.1. The van der Waals surface area contributed by atoms with Crippen LogP contribution in [0.3, 0.4) is 0 Å². The Morgan fingerprint density at radius 2 is 1.00 bits per heavy atom. The zero-order chi connectivity index (χ0) is 22.0. The normalized spacial score (nSPS) is 10.9. The molecule has 0 aliphatic heterocycles. The molecule has 0 bridgehead atoms. The third-order valence-electron chi connectivity index (χ3n) is 4.04. The molecule has 0 spiro atoms. The van der Waals surface area contributed by atoms with Crippen LogP contribution < -0.4 is 0 Å². The summed E-state index contributed by atoms with van der Waals surface area (Å²) in [6.07, 6.45) is 14.6. The van der Waals surface area contributed by atoms with Crippen LogP contribution in [0.15, 0.2) is 0 Å². The van der Waals surface area contributed by atoms with E-state index < -0.39 is 11.9 Å². The van der Waals surface area contributed by atoms with Crippen LogP contribution in [-0.4, -0.2) is 45.1 Å². The molecule has 0 rings (SSSR count). The van der Waals surface area contributed by atoms with Gasteiger partial charge in [-0.1, -0.05) is 78.1 Å². The van der Waals surface area contributed by atoms with E-state index in [9.17, 15) is 9.59 Å². The molecule has 0 aromatic carbocycles. The van der Waals surface area contributed by atoms with Crippen molar-refractivity contribution in [3.05, 3.63) is 0 Å². The first-order chi connectivity index (χ1) is 13.3. The predicted molar refractivity (Wildman–Crippen MR) is 115 cm³/mol. The quantitative estimate of drug-likeness (QED) is 0.255. The number of aliphatic carboxylic acids is 2. The number of carbonyl (C=O) groups is 2. The number of hydrogen-bond acceptors (Lipinski definition) is 4. The molecule has 28 heavy (non-hydrogen) atoms. The highest BCUT2D eigenvalue weighted by atomic mass is 16.4. The fourth-order valence-electron chi connectivity index (χ4n) is 2.30. The molecular weight excluding hydrogens is 360 g/mol. The smallest absolute Gasteiger partial charge is 0.303 e. The summed E-state index contributed by atoms with van der Waals surface area (Å²) >= 11 is 0. The first-order valence-corrected chi connectivity index (χ1v) is 11.0. The van der Waals surface area contributed by atoms with Crippen LogP contribution in [0.5, 0.6) is 0 Å². The molecular formula is C22H46O6. The van der Waals surface area contributed by atoms with E-state index >= 15 is 0 Å². The summed E-state index contributed by atoms with van der Waals surface area (Å²) in [5, 5.41) is 33.1. The third kappa shape index (κ3) is 44.4. The molecule has 0 saturated carbocycles. The lowest BCUT2D eigenvalue weighted by Gasteiger charge is -1.97. The van der Waals surface area contributed by atoms with Gasteiger partial charge in [0.15, 0.2) is 0 Å². The molecule has 0 aromatic rings. The Balaban J connectivity index is -0.000000351. The molecule has 0 radical (unpaired) electrons. The Labute approximate surface area is 172 Å². The monoisotopic (exact) mass is 406 g/mol. The molecule has 0 aliphatic carbocycles. The third-order valence-corrected chi connectivity index (χ3v) is 4.04. The van der Waals surface area contributed by atoms with E-state index in [1.807, 2.05) is 0 Å². The van der Waals surface area contributed by atoms with Crippen LogP contribution >= 0.6 is 0 Å². The van der Waals surface area contributed by atoms with E-state index in [1.165, 1.54) is 51.4 Å². The van der Waals surface area contributed by atoms with E-state index in [-0.39, 0.29) is 12.7 Å². The highest BCUT2D eigenvalue weighted by Crippen LogP contribution is 2.07. The average molecular weight is 407 g/mol. The summed E-state index contributed by atoms with van der Waals surface area (Å²) in [7, 11) is 0. The van der Waals surface area contributed by atoms with E-state index in [0.717, 1.165) is 25.7 Å². The van der Waals surface area contributed by atoms with Crippen molar-refractivity contribution in [3.63, 3.8) is 0 Å². The van der Waals surface area contributed by atoms with Gasteiger partial charge in [-0.2, -0.15) is 0 Å². The molecule has 0 aliphatic rings. The second-order valence-electron chi connectivity index (χ2n) is 7.18. The van der Waals surface area contributed by atoms with Crippen molar-refractivity contribution in [2.24, 2.45) is 0 Å². The molecule has 0 saturated heterocycles. The number of carboxylic acid groups (broad SMARTS) is 2. The van der Waals surface area contributed by atoms with Crippen LogP contribution in [0.2, 0.25) is 0 Å². The average Bonchev–Trinajstić information content (AvgIpc) is 2.61. The van der Waals surface area contributed by atoms with Crippen molar-refractivity contribution in [2.75, 3.05) is 6.61 Å². The second kappa shape index (κ2) is 28.1. The van der Waals surface area contributed by atoms with Gasteiger partial charge in [0.05, 0.1) is 6.10 Å². The minimum absolute atomic E-state index is 0.0810. The predicted octanol–water partition coefficient (Wildman–Crippen LogP) is 5.39. The molecule has 170 valence electrons. The number of aliphatic hydroxyl groups excluding tert-OH is 2. The van der Waals surface area contributed by atoms with Crippen molar-refractivity contribution in [1.29, 1.82) is 0 Å². The number of aliphatic hydroxyl groups is 2. The van der Waals surface area contributed by atoms with Crippen molar-refractivity contribution in [1.82, 2.24) is 0 Å². The van der Waals surface area contributed by atoms with Crippen molar-refractivity contribution >= 4 is 11.9 Å². The van der Waals surface area contributed by atoms with Gasteiger partial charge in [0.2, 0.25) is 0 Å². The highest BCUT2D eigenvalue weighted by molar-refractivity contribution is 5.66. The SMILES string of the molecule is CC(O)CCO.CCCCCCCCC(=O)O.CCCCCCCCC(=O)O. The van der Waals surface area contributed by atoms with Crippen molar-refractivity contribution in [3.8, 4) is 0 Å². The number of rotatable bonds is 16. The summed E-state index contributed by atoms with van der Waals surface area (Å²) in [6, 6.07) is 0. The summed E-state index contributed by atoms with van der Waals surface area (Å²) in [4.78, 5) is 20.2. The van der Waals surface area contributed by atoms with Crippen LogP contribution in [0.25, 0.3) is 0 Å². The first kappa shape index (κ1) is 31.6. The Morgan fingerprint density at radius 3 is 1.21 bits per heavy atom. The van der Waals surface area contributed by atoms with Crippen molar-refractivity contribution in [2.45, 2.75) is 123 Å². The van der Waals surface area contributed by atoms with Gasteiger partial charge in [0.25, 0.3) is 0 Å². The molecule has 0 amide bonds. The molecule has 0 aromatic heterocycles. The van der Waals surface area contributed by atoms with Crippen LogP contribution in [0.1, 0.15) is 117 Å². The topological polar surface area (TPSA) is 115 Å². The van der Waals surface area contributed by atoms with Crippen molar-refractivity contribution < 1.29 is 30.0 Å². The Hall–Kier alpha value is -1.14. The van der Waals surface area contributed by atoms with Gasteiger partial charge < -0.3 is 20.4 Å². The van der Waals surface area contributed by atoms with Crippen LogP contribution in [-0.2, 0) is 9.59 Å². The zero-order valence-electron chi connectivity index (χ0n) is 18.5. The first-order valence-electron chi connectivity index (χ1n) is 11.0. The van der Waals surface area contributed by atoms with Gasteiger partial charge in [-0.15, -0.1) is 0 Å².